The van der Waals surface area contributed by atoms with Crippen LogP contribution in [-0.2, 0) is 0 Å². The number of aliphatic hydroxyl groups is 1. The molecular formula is C9H18O. The number of hydrogen-bond donors (Lipinski definition) is 1. The van der Waals surface area contributed by atoms with Crippen LogP contribution in [0.5, 0.6) is 0 Å². The zero-order chi connectivity index (χ0) is 7.78. The average Bonchev–Trinajstić information content (AvgIpc) is 2.62. The Morgan fingerprint density at radius 2 is 2.20 bits per heavy atom. The first-order valence-corrected chi connectivity index (χ1v) is 4.35. The average molecular weight is 142 g/mol. The van der Waals surface area contributed by atoms with Crippen LogP contribution >= 0.6 is 0 Å². The van der Waals surface area contributed by atoms with Crippen LogP contribution in [0, 0.1) is 11.3 Å². The van der Waals surface area contributed by atoms with Crippen LogP contribution in [0.2, 0.25) is 0 Å². The summed E-state index contributed by atoms with van der Waals surface area (Å²) in [5.74, 6) is 0.803. The third kappa shape index (κ3) is 0.968. The molecule has 1 saturated carbocycles. The molecule has 0 radical (unpaired) electrons. The van der Waals surface area contributed by atoms with Crippen molar-refractivity contribution in [3.05, 3.63) is 0 Å². The highest BCUT2D eigenvalue weighted by atomic mass is 16.3. The van der Waals surface area contributed by atoms with E-state index in [0.717, 1.165) is 12.3 Å². The van der Waals surface area contributed by atoms with Gasteiger partial charge in [0.15, 0.2) is 0 Å². The smallest absolute Gasteiger partial charge is 0.0570 e. The molecular weight excluding hydrogens is 124 g/mol. The molecule has 0 spiro atoms. The van der Waals surface area contributed by atoms with E-state index >= 15 is 0 Å². The van der Waals surface area contributed by atoms with Crippen molar-refractivity contribution in [2.75, 3.05) is 0 Å². The Morgan fingerprint density at radius 1 is 1.60 bits per heavy atom. The van der Waals surface area contributed by atoms with Crippen molar-refractivity contribution in [1.29, 1.82) is 0 Å². The van der Waals surface area contributed by atoms with Crippen molar-refractivity contribution < 1.29 is 5.11 Å². The van der Waals surface area contributed by atoms with Crippen LogP contribution in [0.1, 0.15) is 40.0 Å². The van der Waals surface area contributed by atoms with E-state index in [-0.39, 0.29) is 6.10 Å². The maximum Gasteiger partial charge on any atom is 0.0570 e. The third-order valence-corrected chi connectivity index (χ3v) is 3.26. The molecule has 60 valence electrons. The molecule has 1 aliphatic carbocycles. The fraction of sp³-hybridized carbons (Fsp3) is 1.00. The van der Waals surface area contributed by atoms with Crippen molar-refractivity contribution in [3.8, 4) is 0 Å². The van der Waals surface area contributed by atoms with Gasteiger partial charge in [0.2, 0.25) is 0 Å². The summed E-state index contributed by atoms with van der Waals surface area (Å²) in [6, 6.07) is 0. The lowest BCUT2D eigenvalue weighted by molar-refractivity contribution is 0.0962. The summed E-state index contributed by atoms with van der Waals surface area (Å²) in [5, 5.41) is 9.44. The first kappa shape index (κ1) is 8.06. The zero-order valence-corrected chi connectivity index (χ0v) is 7.22. The van der Waals surface area contributed by atoms with E-state index in [1.165, 1.54) is 12.8 Å². The van der Waals surface area contributed by atoms with E-state index < -0.39 is 0 Å². The van der Waals surface area contributed by atoms with E-state index in [1.807, 2.05) is 6.92 Å². The second kappa shape index (κ2) is 2.54. The summed E-state index contributed by atoms with van der Waals surface area (Å²) in [7, 11) is 0. The predicted molar refractivity (Wildman–Crippen MR) is 42.8 cm³/mol. The highest BCUT2D eigenvalue weighted by Gasteiger charge is 2.54. The molecule has 10 heavy (non-hydrogen) atoms. The van der Waals surface area contributed by atoms with E-state index in [2.05, 4.69) is 13.8 Å². The Bertz CT molecular complexity index is 120. The van der Waals surface area contributed by atoms with Gasteiger partial charge in [-0.25, -0.2) is 0 Å². The lowest BCUT2D eigenvalue weighted by atomic mass is 9.93. The molecule has 1 nitrogen and oxygen atoms in total. The molecule has 1 aliphatic rings. The lowest BCUT2D eigenvalue weighted by Gasteiger charge is -2.17. The summed E-state index contributed by atoms with van der Waals surface area (Å²) < 4.78 is 0. The normalized spacial score (nSPS) is 41.4. The topological polar surface area (TPSA) is 20.2 Å². The van der Waals surface area contributed by atoms with E-state index in [4.69, 9.17) is 0 Å². The summed E-state index contributed by atoms with van der Waals surface area (Å²) >= 11 is 0. The Hall–Kier alpha value is -0.0400. The second-order valence-electron chi connectivity index (χ2n) is 3.57. The van der Waals surface area contributed by atoms with Crippen molar-refractivity contribution in [2.45, 2.75) is 46.1 Å². The van der Waals surface area contributed by atoms with Crippen LogP contribution < -0.4 is 0 Å². The van der Waals surface area contributed by atoms with Crippen molar-refractivity contribution in [2.24, 2.45) is 11.3 Å². The first-order valence-electron chi connectivity index (χ1n) is 4.35. The van der Waals surface area contributed by atoms with Gasteiger partial charge in [-0.2, -0.15) is 0 Å². The van der Waals surface area contributed by atoms with Gasteiger partial charge in [-0.3, -0.25) is 0 Å². The summed E-state index contributed by atoms with van der Waals surface area (Å²) in [6.45, 7) is 6.33. The minimum atomic E-state index is -0.0950. The van der Waals surface area contributed by atoms with Gasteiger partial charge in [-0.15, -0.1) is 0 Å². The van der Waals surface area contributed by atoms with E-state index in [1.54, 1.807) is 0 Å². The van der Waals surface area contributed by atoms with Gasteiger partial charge in [0.05, 0.1) is 6.10 Å². The van der Waals surface area contributed by atoms with Gasteiger partial charge in [0, 0.05) is 0 Å². The molecule has 0 aromatic carbocycles. The van der Waals surface area contributed by atoms with Gasteiger partial charge in [-0.05, 0) is 31.1 Å². The molecule has 1 heteroatoms. The fourth-order valence-corrected chi connectivity index (χ4v) is 2.19. The summed E-state index contributed by atoms with van der Waals surface area (Å²) in [4.78, 5) is 0. The minimum absolute atomic E-state index is 0.0950. The number of aliphatic hydroxyl groups excluding tert-OH is 1. The molecule has 1 N–H and O–H groups in total. The van der Waals surface area contributed by atoms with Gasteiger partial charge in [0.1, 0.15) is 0 Å². The molecule has 0 heterocycles. The Labute approximate surface area is 63.4 Å². The summed E-state index contributed by atoms with van der Waals surface area (Å²) in [6.07, 6.45) is 3.53. The Balaban J connectivity index is 2.50. The molecule has 0 bridgehead atoms. The molecule has 1 fully saturated rings. The Kier molecular flexibility index (Phi) is 2.04. The molecule has 0 saturated heterocycles. The van der Waals surface area contributed by atoms with Crippen LogP contribution in [0.4, 0.5) is 0 Å². The summed E-state index contributed by atoms with van der Waals surface area (Å²) in [5.41, 5.74) is 0.314. The fourth-order valence-electron chi connectivity index (χ4n) is 2.19. The lowest BCUT2D eigenvalue weighted by Crippen LogP contribution is -2.19. The molecule has 0 aromatic rings. The maximum atomic E-state index is 9.44. The number of rotatable bonds is 3. The highest BCUT2D eigenvalue weighted by molar-refractivity contribution is 5.03. The maximum absolute atomic E-state index is 9.44. The van der Waals surface area contributed by atoms with E-state index in [0.29, 0.717) is 5.41 Å². The minimum Gasteiger partial charge on any atom is -0.393 e. The quantitative estimate of drug-likeness (QED) is 0.640. The molecule has 0 amide bonds. The van der Waals surface area contributed by atoms with Crippen LogP contribution in [0.3, 0.4) is 0 Å². The van der Waals surface area contributed by atoms with Gasteiger partial charge < -0.3 is 5.11 Å². The first-order chi connectivity index (χ1) is 4.67. The molecule has 1 rings (SSSR count). The van der Waals surface area contributed by atoms with Gasteiger partial charge in [-0.1, -0.05) is 20.3 Å². The van der Waals surface area contributed by atoms with Crippen molar-refractivity contribution in [3.63, 3.8) is 0 Å². The number of hydrogen-bond acceptors (Lipinski definition) is 1. The predicted octanol–water partition coefficient (Wildman–Crippen LogP) is 2.19. The van der Waals surface area contributed by atoms with Gasteiger partial charge in [0.25, 0.3) is 0 Å². The molecule has 3 atom stereocenters. The largest absolute Gasteiger partial charge is 0.393 e. The van der Waals surface area contributed by atoms with Crippen LogP contribution in [-0.4, -0.2) is 11.2 Å². The zero-order valence-electron chi connectivity index (χ0n) is 7.22. The van der Waals surface area contributed by atoms with E-state index in [9.17, 15) is 5.11 Å². The second-order valence-corrected chi connectivity index (χ2v) is 3.57. The monoisotopic (exact) mass is 142 g/mol. The standard InChI is InChI=1S/C9H18O/c1-4-8-6-9(8,5-2)7(3)10/h7-8,10H,4-6H2,1-3H3/t7?,8-,9+/m1/s1. The van der Waals surface area contributed by atoms with Crippen molar-refractivity contribution in [1.82, 2.24) is 0 Å². The Morgan fingerprint density at radius 3 is 2.30 bits per heavy atom. The van der Waals surface area contributed by atoms with Crippen LogP contribution in [0.15, 0.2) is 0 Å². The molecule has 0 aliphatic heterocycles. The molecule has 1 unspecified atom stereocenters. The van der Waals surface area contributed by atoms with Crippen molar-refractivity contribution >= 4 is 0 Å². The van der Waals surface area contributed by atoms with Crippen LogP contribution in [0.25, 0.3) is 0 Å². The molecule has 0 aromatic heterocycles. The van der Waals surface area contributed by atoms with Gasteiger partial charge >= 0.3 is 0 Å². The highest BCUT2D eigenvalue weighted by Crippen LogP contribution is 2.59. The SMILES string of the molecule is CC[C@@H]1C[C@@]1(CC)C(C)O. The third-order valence-electron chi connectivity index (χ3n) is 3.26.